The normalized spacial score (nSPS) is 0. The Hall–Kier alpha value is 0.591. The van der Waals surface area contributed by atoms with Crippen molar-refractivity contribution in [3.05, 3.63) is 0 Å². The molecule has 11 heteroatoms. The summed E-state index contributed by atoms with van der Waals surface area (Å²) in [6.45, 7) is 0. The van der Waals surface area contributed by atoms with E-state index in [1.165, 1.54) is 0 Å². The zero-order valence-electron chi connectivity index (χ0n) is 4.39. The SMILES string of the molecule is [Al+3].[F-].[F-].[F-].[F-].[F-].[F-].[F-].[F-].[F-].[W+6]. The number of rotatable bonds is 0. The first-order valence-electron chi connectivity index (χ1n) is 0. The van der Waals surface area contributed by atoms with Crippen molar-refractivity contribution in [3.8, 4) is 0 Å². The van der Waals surface area contributed by atoms with Gasteiger partial charge in [-0.1, -0.05) is 0 Å². The molecule has 0 aromatic carbocycles. The molecule has 0 rings (SSSR count). The van der Waals surface area contributed by atoms with Crippen LogP contribution >= 0.6 is 0 Å². The molecule has 0 unspecified atom stereocenters. The zero-order chi connectivity index (χ0) is 0. The van der Waals surface area contributed by atoms with E-state index >= 15 is 0 Å². The minimum Gasteiger partial charge on any atom is -1.00 e. The first kappa shape index (κ1) is 3720. The predicted molar refractivity (Wildman–Crippen MR) is 5.75 cm³/mol. The predicted octanol–water partition coefficient (Wildman–Crippen LogP) is -27.3. The van der Waals surface area contributed by atoms with Crippen molar-refractivity contribution in [3.63, 3.8) is 0 Å². The van der Waals surface area contributed by atoms with Gasteiger partial charge in [0.25, 0.3) is 0 Å². The molecule has 0 aliphatic heterocycles. The molecule has 0 aliphatic carbocycles. The summed E-state index contributed by atoms with van der Waals surface area (Å²) < 4.78 is 0. The molecule has 0 radical (unpaired) electrons. The standard InChI is InChI=1S/Al.9FH.W/h;9*1H;/q+3;;;;;;;;;;+6/p-9. The van der Waals surface area contributed by atoms with Crippen LogP contribution in [0.4, 0.5) is 0 Å². The average Bonchev–Trinajstić information content (AvgIpc) is 0. The van der Waals surface area contributed by atoms with Crippen LogP contribution in [0.25, 0.3) is 0 Å². The Morgan fingerprint density at radius 3 is 0.273 bits per heavy atom. The second kappa shape index (κ2) is 2790. The summed E-state index contributed by atoms with van der Waals surface area (Å²) in [7, 11) is 0. The van der Waals surface area contributed by atoms with Crippen LogP contribution in [0.15, 0.2) is 0 Å². The molecule has 0 atom stereocenters. The van der Waals surface area contributed by atoms with Crippen molar-refractivity contribution in [1.82, 2.24) is 0 Å². The minimum atomic E-state index is 0. The fourth-order valence-corrected chi connectivity index (χ4v) is 0. The number of hydrogen-bond donors (Lipinski definition) is 0. The van der Waals surface area contributed by atoms with E-state index in [9.17, 15) is 0 Å². The summed E-state index contributed by atoms with van der Waals surface area (Å²) in [6, 6.07) is 0. The van der Waals surface area contributed by atoms with E-state index in [1.807, 2.05) is 0 Å². The third-order valence-corrected chi connectivity index (χ3v) is 0. The molecule has 0 saturated carbocycles. The van der Waals surface area contributed by atoms with E-state index in [1.54, 1.807) is 0 Å². The van der Waals surface area contributed by atoms with Crippen molar-refractivity contribution in [2.75, 3.05) is 0 Å². The van der Waals surface area contributed by atoms with E-state index < -0.39 is 0 Å². The Morgan fingerprint density at radius 1 is 0.273 bits per heavy atom. The van der Waals surface area contributed by atoms with Crippen LogP contribution in [0.2, 0.25) is 0 Å². The molecule has 0 heterocycles. The van der Waals surface area contributed by atoms with Crippen molar-refractivity contribution in [1.29, 1.82) is 0 Å². The van der Waals surface area contributed by atoms with Gasteiger partial charge in [0.1, 0.15) is 0 Å². The van der Waals surface area contributed by atoms with Crippen LogP contribution in [-0.4, -0.2) is 17.4 Å². The van der Waals surface area contributed by atoms with Gasteiger partial charge >= 0.3 is 38.4 Å². The van der Waals surface area contributed by atoms with Gasteiger partial charge in [-0.25, -0.2) is 0 Å². The van der Waals surface area contributed by atoms with Gasteiger partial charge in [-0.3, -0.25) is 0 Å². The molecular formula is AlF9W. The maximum Gasteiger partial charge on any atom is 6.00 e. The summed E-state index contributed by atoms with van der Waals surface area (Å²) in [4.78, 5) is 0. The second-order valence-electron chi connectivity index (χ2n) is 0. The molecule has 0 amide bonds. The smallest absolute Gasteiger partial charge is 1.00 e. The van der Waals surface area contributed by atoms with E-state index in [-0.39, 0.29) is 80.8 Å². The Balaban J connectivity index is 0. The Bertz CT molecular complexity index is 9.52. The van der Waals surface area contributed by atoms with Crippen molar-refractivity contribution < 1.29 is 63.4 Å². The van der Waals surface area contributed by atoms with Crippen LogP contribution in [0.1, 0.15) is 0 Å². The minimum absolute atomic E-state index is 0. The van der Waals surface area contributed by atoms with Crippen LogP contribution in [0, 0.1) is 0 Å². The molecule has 0 bridgehead atoms. The van der Waals surface area contributed by atoms with Crippen molar-refractivity contribution >= 4 is 17.4 Å². The van der Waals surface area contributed by atoms with Gasteiger partial charge in [0.15, 0.2) is 0 Å². The van der Waals surface area contributed by atoms with Crippen LogP contribution < -0.4 is 42.3 Å². The van der Waals surface area contributed by atoms with E-state index in [0.29, 0.717) is 0 Å². The Labute approximate surface area is 81.2 Å². The monoisotopic (exact) mass is 382 g/mol. The van der Waals surface area contributed by atoms with E-state index in [4.69, 9.17) is 0 Å². The van der Waals surface area contributed by atoms with Gasteiger partial charge in [-0.2, -0.15) is 0 Å². The third-order valence-electron chi connectivity index (χ3n) is 0. The largest absolute Gasteiger partial charge is 6.00 e. The fraction of sp³-hybridized carbons (Fsp3) is 0. The quantitative estimate of drug-likeness (QED) is 0.289. The Morgan fingerprint density at radius 2 is 0.273 bits per heavy atom. The number of hydrogen-bond acceptors (Lipinski definition) is 0. The second-order valence-corrected chi connectivity index (χ2v) is 0. The Kier molecular flexibility index (Phi) is 945000. The maximum absolute atomic E-state index is 0. The summed E-state index contributed by atoms with van der Waals surface area (Å²) in [5.74, 6) is 0. The molecule has 0 aliphatic rings. The molecule has 0 aromatic heterocycles. The van der Waals surface area contributed by atoms with Crippen LogP contribution in [0.3, 0.4) is 0 Å². The first-order valence-corrected chi connectivity index (χ1v) is 0. The van der Waals surface area contributed by atoms with Crippen molar-refractivity contribution in [2.24, 2.45) is 0 Å². The van der Waals surface area contributed by atoms with Gasteiger partial charge in [-0.15, -0.1) is 0 Å². The molecular weight excluding hydrogens is 382 g/mol. The molecule has 0 saturated heterocycles. The van der Waals surface area contributed by atoms with Crippen molar-refractivity contribution in [2.45, 2.75) is 0 Å². The first-order chi connectivity index (χ1) is 0. The molecule has 0 N–H and O–H groups in total. The van der Waals surface area contributed by atoms with Gasteiger partial charge in [-0.05, 0) is 0 Å². The number of halogens is 9. The van der Waals surface area contributed by atoms with Crippen LogP contribution in [-0.2, 0) is 21.1 Å². The summed E-state index contributed by atoms with van der Waals surface area (Å²) >= 11 is 0. The molecule has 0 fully saturated rings. The fourth-order valence-electron chi connectivity index (χ4n) is 0. The topological polar surface area (TPSA) is 0 Å². The van der Waals surface area contributed by atoms with Gasteiger partial charge in [0.2, 0.25) is 0 Å². The van der Waals surface area contributed by atoms with E-state index in [0.717, 1.165) is 0 Å². The molecule has 72 valence electrons. The average molecular weight is 382 g/mol. The maximum atomic E-state index is 0. The van der Waals surface area contributed by atoms with Crippen LogP contribution in [0.5, 0.6) is 0 Å². The summed E-state index contributed by atoms with van der Waals surface area (Å²) in [5, 5.41) is 0. The molecule has 0 aromatic rings. The van der Waals surface area contributed by atoms with Gasteiger partial charge < -0.3 is 42.3 Å². The molecule has 0 nitrogen and oxygen atoms in total. The van der Waals surface area contributed by atoms with E-state index in [2.05, 4.69) is 0 Å². The van der Waals surface area contributed by atoms with Gasteiger partial charge in [0.05, 0.1) is 0 Å². The summed E-state index contributed by atoms with van der Waals surface area (Å²) in [6.07, 6.45) is 0. The molecule has 11 heavy (non-hydrogen) atoms. The zero-order valence-corrected chi connectivity index (χ0v) is 8.48. The molecule has 0 spiro atoms. The summed E-state index contributed by atoms with van der Waals surface area (Å²) in [5.41, 5.74) is 0. The third kappa shape index (κ3) is 2240. The van der Waals surface area contributed by atoms with Gasteiger partial charge in [0, 0.05) is 0 Å².